The molecule has 0 saturated carbocycles. The summed E-state index contributed by atoms with van der Waals surface area (Å²) in [5.41, 5.74) is 3.91. The standard InChI is InChI=1S/C22H25N3O3S/c1-15-4-7-18(8-5-15)21-23-24-22(28-21)19-10-12-25(13-11-19)29(26,27)20-9-6-16(2)14-17(20)3/h4-9,14,19H,10-13H2,1-3H3. The van der Waals surface area contributed by atoms with Gasteiger partial charge in [-0.3, -0.25) is 0 Å². The topological polar surface area (TPSA) is 76.3 Å². The van der Waals surface area contributed by atoms with Gasteiger partial charge >= 0.3 is 0 Å². The monoisotopic (exact) mass is 411 g/mol. The highest BCUT2D eigenvalue weighted by Crippen LogP contribution is 2.32. The molecule has 1 aromatic heterocycles. The molecule has 2 aromatic carbocycles. The van der Waals surface area contributed by atoms with E-state index in [9.17, 15) is 8.42 Å². The van der Waals surface area contributed by atoms with Crippen LogP contribution in [0.2, 0.25) is 0 Å². The van der Waals surface area contributed by atoms with Crippen molar-refractivity contribution in [2.45, 2.75) is 44.4 Å². The second-order valence-corrected chi connectivity index (χ2v) is 9.67. The van der Waals surface area contributed by atoms with Crippen LogP contribution in [0, 0.1) is 20.8 Å². The summed E-state index contributed by atoms with van der Waals surface area (Å²) < 4.78 is 33.6. The highest BCUT2D eigenvalue weighted by molar-refractivity contribution is 7.89. The fraction of sp³-hybridized carbons (Fsp3) is 0.364. The lowest BCUT2D eigenvalue weighted by Gasteiger charge is -2.30. The van der Waals surface area contributed by atoms with Crippen LogP contribution in [0.15, 0.2) is 51.8 Å². The number of nitrogens with zero attached hydrogens (tertiary/aromatic N) is 3. The maximum Gasteiger partial charge on any atom is 0.247 e. The van der Waals surface area contributed by atoms with E-state index in [1.54, 1.807) is 10.4 Å². The second-order valence-electron chi connectivity index (χ2n) is 7.76. The molecule has 6 nitrogen and oxygen atoms in total. The first-order valence-electron chi connectivity index (χ1n) is 9.82. The largest absolute Gasteiger partial charge is 0.420 e. The molecule has 0 radical (unpaired) electrons. The predicted octanol–water partition coefficient (Wildman–Crippen LogP) is 4.23. The molecule has 0 atom stereocenters. The summed E-state index contributed by atoms with van der Waals surface area (Å²) in [6.45, 7) is 6.73. The lowest BCUT2D eigenvalue weighted by molar-refractivity contribution is 0.291. The molecule has 1 saturated heterocycles. The third-order valence-corrected chi connectivity index (χ3v) is 7.55. The van der Waals surface area contributed by atoms with Crippen LogP contribution in [0.3, 0.4) is 0 Å². The van der Waals surface area contributed by atoms with Crippen LogP contribution in [-0.2, 0) is 10.0 Å². The van der Waals surface area contributed by atoms with Crippen LogP contribution in [0.25, 0.3) is 11.5 Å². The van der Waals surface area contributed by atoms with Crippen LogP contribution in [0.5, 0.6) is 0 Å². The zero-order valence-electron chi connectivity index (χ0n) is 16.9. The summed E-state index contributed by atoms with van der Waals surface area (Å²) in [7, 11) is -3.49. The predicted molar refractivity (Wildman–Crippen MR) is 111 cm³/mol. The van der Waals surface area contributed by atoms with Crippen molar-refractivity contribution in [2.24, 2.45) is 0 Å². The molecule has 0 amide bonds. The summed E-state index contributed by atoms with van der Waals surface area (Å²) in [5.74, 6) is 1.17. The van der Waals surface area contributed by atoms with E-state index in [0.717, 1.165) is 16.7 Å². The van der Waals surface area contributed by atoms with Gasteiger partial charge in [-0.15, -0.1) is 10.2 Å². The number of rotatable bonds is 4. The van der Waals surface area contributed by atoms with Gasteiger partial charge in [0.1, 0.15) is 0 Å². The van der Waals surface area contributed by atoms with Crippen molar-refractivity contribution in [3.05, 3.63) is 65.0 Å². The molecule has 0 unspecified atom stereocenters. The number of sulfonamides is 1. The van der Waals surface area contributed by atoms with Gasteiger partial charge < -0.3 is 4.42 Å². The van der Waals surface area contributed by atoms with Gasteiger partial charge in [0, 0.05) is 24.6 Å². The van der Waals surface area contributed by atoms with Crippen molar-refractivity contribution >= 4 is 10.0 Å². The normalized spacial score (nSPS) is 16.2. The van der Waals surface area contributed by atoms with E-state index in [2.05, 4.69) is 10.2 Å². The molecule has 0 spiro atoms. The molecule has 0 aliphatic carbocycles. The molecule has 0 N–H and O–H groups in total. The van der Waals surface area contributed by atoms with Gasteiger partial charge in [0.2, 0.25) is 21.8 Å². The van der Waals surface area contributed by atoms with Gasteiger partial charge in [-0.05, 0) is 57.4 Å². The van der Waals surface area contributed by atoms with Gasteiger partial charge in [-0.1, -0.05) is 35.4 Å². The molecule has 152 valence electrons. The Morgan fingerprint density at radius 2 is 1.59 bits per heavy atom. The number of hydrogen-bond acceptors (Lipinski definition) is 5. The number of piperidine rings is 1. The Morgan fingerprint density at radius 3 is 2.24 bits per heavy atom. The number of hydrogen-bond donors (Lipinski definition) is 0. The quantitative estimate of drug-likeness (QED) is 0.642. The molecule has 0 bridgehead atoms. The third-order valence-electron chi connectivity index (χ3n) is 5.49. The van der Waals surface area contributed by atoms with Gasteiger partial charge in [0.25, 0.3) is 0 Å². The summed E-state index contributed by atoms with van der Waals surface area (Å²) >= 11 is 0. The van der Waals surface area contributed by atoms with E-state index < -0.39 is 10.0 Å². The van der Waals surface area contributed by atoms with E-state index in [0.29, 0.717) is 42.6 Å². The fourth-order valence-corrected chi connectivity index (χ4v) is 5.46. The van der Waals surface area contributed by atoms with Crippen LogP contribution < -0.4 is 0 Å². The van der Waals surface area contributed by atoms with E-state index in [-0.39, 0.29) is 5.92 Å². The molecular formula is C22H25N3O3S. The Labute approximate surface area is 171 Å². The molecule has 1 fully saturated rings. The molecule has 1 aliphatic heterocycles. The minimum absolute atomic E-state index is 0.0762. The van der Waals surface area contributed by atoms with E-state index in [1.807, 2.05) is 57.2 Å². The van der Waals surface area contributed by atoms with Gasteiger partial charge in [-0.2, -0.15) is 4.31 Å². The summed E-state index contributed by atoms with van der Waals surface area (Å²) in [6, 6.07) is 13.4. The molecule has 7 heteroatoms. The lowest BCUT2D eigenvalue weighted by Crippen LogP contribution is -2.38. The molecule has 29 heavy (non-hydrogen) atoms. The number of aromatic nitrogens is 2. The van der Waals surface area contributed by atoms with Crippen molar-refractivity contribution in [1.29, 1.82) is 0 Å². The van der Waals surface area contributed by atoms with Crippen molar-refractivity contribution in [1.82, 2.24) is 14.5 Å². The van der Waals surface area contributed by atoms with E-state index in [4.69, 9.17) is 4.42 Å². The highest BCUT2D eigenvalue weighted by Gasteiger charge is 2.32. The Morgan fingerprint density at radius 1 is 0.931 bits per heavy atom. The highest BCUT2D eigenvalue weighted by atomic mass is 32.2. The second kappa shape index (κ2) is 7.72. The Balaban J connectivity index is 1.46. The molecule has 1 aliphatic rings. The molecular weight excluding hydrogens is 386 g/mol. The number of aryl methyl sites for hydroxylation is 3. The first-order valence-corrected chi connectivity index (χ1v) is 11.3. The molecule has 2 heterocycles. The molecule has 3 aromatic rings. The Bertz CT molecular complexity index is 1110. The van der Waals surface area contributed by atoms with Crippen LogP contribution in [0.1, 0.15) is 41.3 Å². The SMILES string of the molecule is Cc1ccc(-c2nnc(C3CCN(S(=O)(=O)c4ccc(C)cc4C)CC3)o2)cc1. The summed E-state index contributed by atoms with van der Waals surface area (Å²) in [5, 5.41) is 8.40. The van der Waals surface area contributed by atoms with Crippen molar-refractivity contribution in [3.63, 3.8) is 0 Å². The van der Waals surface area contributed by atoms with E-state index in [1.165, 1.54) is 5.56 Å². The van der Waals surface area contributed by atoms with Crippen molar-refractivity contribution in [3.8, 4) is 11.5 Å². The minimum atomic E-state index is -3.49. The zero-order valence-corrected chi connectivity index (χ0v) is 17.7. The summed E-state index contributed by atoms with van der Waals surface area (Å²) in [6.07, 6.45) is 1.33. The first-order chi connectivity index (χ1) is 13.8. The van der Waals surface area contributed by atoms with Crippen molar-refractivity contribution < 1.29 is 12.8 Å². The number of benzene rings is 2. The first kappa shape index (κ1) is 19.8. The van der Waals surface area contributed by atoms with Crippen molar-refractivity contribution in [2.75, 3.05) is 13.1 Å². The van der Waals surface area contributed by atoms with Gasteiger partial charge in [0.15, 0.2) is 0 Å². The van der Waals surface area contributed by atoms with E-state index >= 15 is 0 Å². The smallest absolute Gasteiger partial charge is 0.247 e. The zero-order chi connectivity index (χ0) is 20.6. The minimum Gasteiger partial charge on any atom is -0.420 e. The average molecular weight is 412 g/mol. The Kier molecular flexibility index (Phi) is 5.27. The average Bonchev–Trinajstić information content (AvgIpc) is 3.18. The Hall–Kier alpha value is -2.51. The van der Waals surface area contributed by atoms with Gasteiger partial charge in [0.05, 0.1) is 4.90 Å². The van der Waals surface area contributed by atoms with Gasteiger partial charge in [-0.25, -0.2) is 8.42 Å². The lowest BCUT2D eigenvalue weighted by atomic mass is 9.98. The fourth-order valence-electron chi connectivity index (χ4n) is 3.78. The maximum atomic E-state index is 13.1. The third kappa shape index (κ3) is 3.97. The summed E-state index contributed by atoms with van der Waals surface area (Å²) in [4.78, 5) is 0.390. The van der Waals surface area contributed by atoms with Crippen LogP contribution >= 0.6 is 0 Å². The van der Waals surface area contributed by atoms with Crippen LogP contribution in [0.4, 0.5) is 0 Å². The maximum absolute atomic E-state index is 13.1. The molecule has 4 rings (SSSR count). The van der Waals surface area contributed by atoms with Crippen LogP contribution in [-0.4, -0.2) is 36.0 Å².